The van der Waals surface area contributed by atoms with Crippen molar-refractivity contribution < 1.29 is 5.11 Å². The van der Waals surface area contributed by atoms with Gasteiger partial charge in [-0.3, -0.25) is 4.98 Å². The number of rotatable bonds is 2. The van der Waals surface area contributed by atoms with Crippen LogP contribution in [-0.4, -0.2) is 10.1 Å². The van der Waals surface area contributed by atoms with E-state index in [0.717, 1.165) is 35.2 Å². The van der Waals surface area contributed by atoms with Crippen molar-refractivity contribution >= 4 is 10.9 Å². The van der Waals surface area contributed by atoms with Crippen molar-refractivity contribution in [3.63, 3.8) is 0 Å². The van der Waals surface area contributed by atoms with Gasteiger partial charge in [0.05, 0.1) is 11.6 Å². The predicted octanol–water partition coefficient (Wildman–Crippen LogP) is 3.70. The van der Waals surface area contributed by atoms with Crippen molar-refractivity contribution in [1.29, 1.82) is 0 Å². The maximum atomic E-state index is 10.6. The van der Waals surface area contributed by atoms with Crippen LogP contribution < -0.4 is 0 Å². The molecule has 1 aromatic heterocycles. The molecule has 2 aromatic rings. The highest BCUT2D eigenvalue weighted by Crippen LogP contribution is 2.40. The van der Waals surface area contributed by atoms with Gasteiger partial charge in [-0.1, -0.05) is 37.6 Å². The number of aliphatic hydroxyl groups excluding tert-OH is 1. The molecule has 0 aliphatic heterocycles. The van der Waals surface area contributed by atoms with Crippen molar-refractivity contribution in [2.24, 2.45) is 11.8 Å². The third-order valence-electron chi connectivity index (χ3n) is 4.16. The SMILES string of the molecule is CC1CCC(C(O)c2cccc3cccnc23)C1. The van der Waals surface area contributed by atoms with Crippen LogP contribution in [0.4, 0.5) is 0 Å². The molecule has 3 atom stereocenters. The monoisotopic (exact) mass is 241 g/mol. The first-order valence-corrected chi connectivity index (χ1v) is 6.77. The number of aliphatic hydroxyl groups is 1. The molecule has 1 fully saturated rings. The van der Waals surface area contributed by atoms with Gasteiger partial charge >= 0.3 is 0 Å². The number of nitrogens with zero attached hydrogens (tertiary/aromatic N) is 1. The summed E-state index contributed by atoms with van der Waals surface area (Å²) >= 11 is 0. The summed E-state index contributed by atoms with van der Waals surface area (Å²) in [4.78, 5) is 4.43. The first kappa shape index (κ1) is 11.7. The van der Waals surface area contributed by atoms with E-state index in [1.165, 1.54) is 6.42 Å². The standard InChI is InChI=1S/C16H19NO/c1-11-7-8-13(10-11)16(18)14-6-2-4-12-5-3-9-17-15(12)14/h2-6,9,11,13,16,18H,7-8,10H2,1H3. The van der Waals surface area contributed by atoms with E-state index in [9.17, 15) is 5.11 Å². The van der Waals surface area contributed by atoms with E-state index in [2.05, 4.69) is 24.0 Å². The number of para-hydroxylation sites is 1. The molecule has 3 rings (SSSR count). The summed E-state index contributed by atoms with van der Waals surface area (Å²) in [5, 5.41) is 11.7. The van der Waals surface area contributed by atoms with Gasteiger partial charge in [0, 0.05) is 17.1 Å². The second-order valence-electron chi connectivity index (χ2n) is 5.55. The van der Waals surface area contributed by atoms with Crippen LogP contribution in [0.3, 0.4) is 0 Å². The molecule has 1 aliphatic carbocycles. The van der Waals surface area contributed by atoms with Gasteiger partial charge in [0.1, 0.15) is 0 Å². The largest absolute Gasteiger partial charge is 0.388 e. The Labute approximate surface area is 108 Å². The first-order valence-electron chi connectivity index (χ1n) is 6.77. The molecule has 1 aromatic carbocycles. The number of benzene rings is 1. The van der Waals surface area contributed by atoms with E-state index in [1.54, 1.807) is 6.20 Å². The van der Waals surface area contributed by atoms with Crippen LogP contribution >= 0.6 is 0 Å². The number of hydrogen-bond acceptors (Lipinski definition) is 2. The lowest BCUT2D eigenvalue weighted by Crippen LogP contribution is -2.10. The zero-order valence-electron chi connectivity index (χ0n) is 10.7. The van der Waals surface area contributed by atoms with Crippen LogP contribution in [0.25, 0.3) is 10.9 Å². The fraction of sp³-hybridized carbons (Fsp3) is 0.438. The smallest absolute Gasteiger partial charge is 0.0839 e. The van der Waals surface area contributed by atoms with Gasteiger partial charge in [0.2, 0.25) is 0 Å². The maximum Gasteiger partial charge on any atom is 0.0839 e. The van der Waals surface area contributed by atoms with Gasteiger partial charge in [-0.25, -0.2) is 0 Å². The van der Waals surface area contributed by atoms with Gasteiger partial charge in [0.25, 0.3) is 0 Å². The minimum absolute atomic E-state index is 0.367. The molecule has 1 saturated carbocycles. The highest BCUT2D eigenvalue weighted by Gasteiger charge is 2.29. The number of pyridine rings is 1. The minimum atomic E-state index is -0.367. The van der Waals surface area contributed by atoms with E-state index >= 15 is 0 Å². The molecule has 2 heteroatoms. The molecule has 2 nitrogen and oxygen atoms in total. The predicted molar refractivity (Wildman–Crippen MR) is 73.2 cm³/mol. The van der Waals surface area contributed by atoms with Crippen LogP contribution in [-0.2, 0) is 0 Å². The minimum Gasteiger partial charge on any atom is -0.388 e. The molecule has 1 N–H and O–H groups in total. The lowest BCUT2D eigenvalue weighted by Gasteiger charge is -2.19. The Hall–Kier alpha value is -1.41. The third kappa shape index (κ3) is 2.01. The van der Waals surface area contributed by atoms with Gasteiger partial charge in [-0.05, 0) is 30.7 Å². The second-order valence-corrected chi connectivity index (χ2v) is 5.55. The zero-order valence-corrected chi connectivity index (χ0v) is 10.7. The second kappa shape index (κ2) is 4.69. The Morgan fingerprint density at radius 2 is 2.06 bits per heavy atom. The first-order chi connectivity index (χ1) is 8.75. The maximum absolute atomic E-state index is 10.6. The summed E-state index contributed by atoms with van der Waals surface area (Å²) in [6.07, 6.45) is 4.93. The lowest BCUT2D eigenvalue weighted by atomic mass is 9.92. The lowest BCUT2D eigenvalue weighted by molar-refractivity contribution is 0.111. The summed E-state index contributed by atoms with van der Waals surface area (Å²) in [5.41, 5.74) is 1.94. The molecule has 1 aliphatic rings. The number of hydrogen-bond donors (Lipinski definition) is 1. The Balaban J connectivity index is 1.98. The average Bonchev–Trinajstić information content (AvgIpc) is 2.84. The quantitative estimate of drug-likeness (QED) is 0.869. The Bertz CT molecular complexity index is 546. The van der Waals surface area contributed by atoms with Gasteiger partial charge in [-0.15, -0.1) is 0 Å². The molecule has 94 valence electrons. The summed E-state index contributed by atoms with van der Waals surface area (Å²) in [5.74, 6) is 1.14. The highest BCUT2D eigenvalue weighted by atomic mass is 16.3. The molecule has 18 heavy (non-hydrogen) atoms. The molecule has 3 unspecified atom stereocenters. The van der Waals surface area contributed by atoms with Crippen LogP contribution in [0.5, 0.6) is 0 Å². The third-order valence-corrected chi connectivity index (χ3v) is 4.16. The number of fused-ring (bicyclic) bond motifs is 1. The van der Waals surface area contributed by atoms with E-state index in [-0.39, 0.29) is 6.10 Å². The Morgan fingerprint density at radius 3 is 2.83 bits per heavy atom. The molecule has 0 bridgehead atoms. The van der Waals surface area contributed by atoms with Crippen molar-refractivity contribution in [3.8, 4) is 0 Å². The Morgan fingerprint density at radius 1 is 1.22 bits per heavy atom. The number of aromatic nitrogens is 1. The summed E-state index contributed by atoms with van der Waals surface area (Å²) < 4.78 is 0. The van der Waals surface area contributed by atoms with Crippen LogP contribution in [0.1, 0.15) is 37.9 Å². The topological polar surface area (TPSA) is 33.1 Å². The van der Waals surface area contributed by atoms with Gasteiger partial charge < -0.3 is 5.11 Å². The normalized spacial score (nSPS) is 25.4. The zero-order chi connectivity index (χ0) is 12.5. The summed E-state index contributed by atoms with van der Waals surface area (Å²) in [7, 11) is 0. The molecule has 1 heterocycles. The van der Waals surface area contributed by atoms with Crippen molar-refractivity contribution in [2.75, 3.05) is 0 Å². The summed E-state index contributed by atoms with van der Waals surface area (Å²) in [6.45, 7) is 2.27. The van der Waals surface area contributed by atoms with Crippen LogP contribution in [0.15, 0.2) is 36.5 Å². The molecular formula is C16H19NO. The fourth-order valence-electron chi connectivity index (χ4n) is 3.16. The average molecular weight is 241 g/mol. The van der Waals surface area contributed by atoms with Gasteiger partial charge in [0.15, 0.2) is 0 Å². The van der Waals surface area contributed by atoms with Crippen molar-refractivity contribution in [3.05, 3.63) is 42.1 Å². The van der Waals surface area contributed by atoms with Crippen molar-refractivity contribution in [1.82, 2.24) is 4.98 Å². The van der Waals surface area contributed by atoms with E-state index in [0.29, 0.717) is 5.92 Å². The molecule has 0 radical (unpaired) electrons. The van der Waals surface area contributed by atoms with Crippen molar-refractivity contribution in [2.45, 2.75) is 32.3 Å². The van der Waals surface area contributed by atoms with E-state index in [4.69, 9.17) is 0 Å². The van der Waals surface area contributed by atoms with Crippen LogP contribution in [0, 0.1) is 11.8 Å². The molecule has 0 spiro atoms. The fourth-order valence-corrected chi connectivity index (χ4v) is 3.16. The molecule has 0 amide bonds. The van der Waals surface area contributed by atoms with E-state index < -0.39 is 0 Å². The summed E-state index contributed by atoms with van der Waals surface area (Å²) in [6, 6.07) is 10.1. The molecular weight excluding hydrogens is 222 g/mol. The van der Waals surface area contributed by atoms with Gasteiger partial charge in [-0.2, -0.15) is 0 Å². The Kier molecular flexibility index (Phi) is 3.04. The van der Waals surface area contributed by atoms with E-state index in [1.807, 2.05) is 18.2 Å². The molecule has 0 saturated heterocycles. The van der Waals surface area contributed by atoms with Crippen LogP contribution in [0.2, 0.25) is 0 Å². The highest BCUT2D eigenvalue weighted by molar-refractivity contribution is 5.81.